The van der Waals surface area contributed by atoms with Crippen LogP contribution in [0.15, 0.2) is 34.2 Å². The Bertz CT molecular complexity index is 1290. The quantitative estimate of drug-likeness (QED) is 0.643. The summed E-state index contributed by atoms with van der Waals surface area (Å²) in [7, 11) is -4.50. The first-order valence-corrected chi connectivity index (χ1v) is 13.4. The van der Waals surface area contributed by atoms with E-state index < -0.39 is 50.6 Å². The Morgan fingerprint density at radius 1 is 1.32 bits per heavy atom. The van der Waals surface area contributed by atoms with Gasteiger partial charge in [0.15, 0.2) is 0 Å². The summed E-state index contributed by atoms with van der Waals surface area (Å²) in [6, 6.07) is 3.41. The standard InChI is InChI=1S/C21H25FN4O6S2/c1-4-32-21(28)26-8-13-11-33(29)19-17(34(30,31)24-16(13)9-26)10-25(3)18(19)20(27)23-14-5-6-15(22)12(2)7-14/h5-7,10,13,16,24H,4,8-9,11H2,1-3H3,(H,23,27)/t13-,16-,33?/m0/s1. The van der Waals surface area contributed by atoms with Crippen LogP contribution in [0.1, 0.15) is 23.0 Å². The molecule has 2 N–H and O–H groups in total. The molecule has 3 heterocycles. The van der Waals surface area contributed by atoms with Gasteiger partial charge >= 0.3 is 6.09 Å². The number of fused-ring (bicyclic) bond motifs is 2. The largest absolute Gasteiger partial charge is 0.450 e. The number of benzene rings is 1. The van der Waals surface area contributed by atoms with Crippen LogP contribution >= 0.6 is 0 Å². The fraction of sp³-hybridized carbons (Fsp3) is 0.429. The lowest BCUT2D eigenvalue weighted by molar-refractivity contribution is 0.101. The Labute approximate surface area is 199 Å². The maximum atomic E-state index is 13.6. The molecule has 2 aromatic rings. The highest BCUT2D eigenvalue weighted by atomic mass is 32.2. The number of ether oxygens (including phenoxy) is 1. The number of halogens is 1. The molecule has 3 atom stereocenters. The van der Waals surface area contributed by atoms with E-state index in [2.05, 4.69) is 10.0 Å². The molecule has 34 heavy (non-hydrogen) atoms. The maximum absolute atomic E-state index is 13.6. The lowest BCUT2D eigenvalue weighted by Gasteiger charge is -2.22. The third-order valence-corrected chi connectivity index (χ3v) is 9.12. The molecular weight excluding hydrogens is 487 g/mol. The zero-order chi connectivity index (χ0) is 24.8. The Morgan fingerprint density at radius 3 is 2.74 bits per heavy atom. The lowest BCUT2D eigenvalue weighted by Crippen LogP contribution is -2.44. The van der Waals surface area contributed by atoms with Crippen LogP contribution in [-0.2, 0) is 32.6 Å². The molecule has 0 spiro atoms. The number of amides is 2. The number of aryl methyl sites for hydroxylation is 2. The third-order valence-electron chi connectivity index (χ3n) is 5.89. The number of hydrogen-bond acceptors (Lipinski definition) is 6. The van der Waals surface area contributed by atoms with Crippen molar-refractivity contribution in [2.24, 2.45) is 13.0 Å². The molecule has 0 bridgehead atoms. The van der Waals surface area contributed by atoms with E-state index in [-0.39, 0.29) is 40.9 Å². The topological polar surface area (TPSA) is 127 Å². The molecule has 184 valence electrons. The molecule has 1 unspecified atom stereocenters. The zero-order valence-corrected chi connectivity index (χ0v) is 20.5. The maximum Gasteiger partial charge on any atom is 0.409 e. The van der Waals surface area contributed by atoms with Crippen LogP contribution in [0, 0.1) is 18.7 Å². The van der Waals surface area contributed by atoms with Crippen molar-refractivity contribution in [3.05, 3.63) is 41.5 Å². The fourth-order valence-electron chi connectivity index (χ4n) is 4.24. The van der Waals surface area contributed by atoms with Gasteiger partial charge in [0.2, 0.25) is 10.0 Å². The number of anilines is 1. The van der Waals surface area contributed by atoms with Crippen LogP contribution in [0.3, 0.4) is 0 Å². The number of likely N-dealkylation sites (tertiary alicyclic amines) is 1. The second kappa shape index (κ2) is 9.12. The van der Waals surface area contributed by atoms with Gasteiger partial charge in [-0.15, -0.1) is 0 Å². The van der Waals surface area contributed by atoms with Crippen molar-refractivity contribution >= 4 is 38.5 Å². The van der Waals surface area contributed by atoms with E-state index in [9.17, 15) is 26.6 Å². The summed E-state index contributed by atoms with van der Waals surface area (Å²) in [5.41, 5.74) is 0.575. The SMILES string of the molecule is CCOC(=O)N1C[C@H]2CS(=O)c3c(cn(C)c3C(=O)Nc3ccc(F)c(C)c3)S(=O)(=O)N[C@H]2C1. The second-order valence-corrected chi connectivity index (χ2v) is 11.4. The van der Waals surface area contributed by atoms with Crippen LogP contribution in [0.25, 0.3) is 0 Å². The third kappa shape index (κ3) is 4.46. The average molecular weight is 513 g/mol. The first kappa shape index (κ1) is 24.4. The number of sulfonamides is 1. The molecule has 4 rings (SSSR count). The molecule has 1 saturated heterocycles. The molecule has 0 aliphatic carbocycles. The van der Waals surface area contributed by atoms with E-state index in [0.717, 1.165) is 0 Å². The number of hydrogen-bond donors (Lipinski definition) is 2. The molecule has 0 saturated carbocycles. The molecule has 2 aliphatic rings. The summed E-state index contributed by atoms with van der Waals surface area (Å²) < 4.78 is 62.3. The van der Waals surface area contributed by atoms with Crippen LogP contribution in [0.4, 0.5) is 14.9 Å². The minimum absolute atomic E-state index is 0.0516. The summed E-state index contributed by atoms with van der Waals surface area (Å²) in [5, 5.41) is 2.62. The van der Waals surface area contributed by atoms with E-state index in [1.54, 1.807) is 13.8 Å². The van der Waals surface area contributed by atoms with Crippen LogP contribution in [-0.4, -0.2) is 65.6 Å². The van der Waals surface area contributed by atoms with Crippen molar-refractivity contribution < 1.29 is 31.3 Å². The predicted molar refractivity (Wildman–Crippen MR) is 122 cm³/mol. The monoisotopic (exact) mass is 512 g/mol. The summed E-state index contributed by atoms with van der Waals surface area (Å²) in [5.74, 6) is -1.47. The van der Waals surface area contributed by atoms with Gasteiger partial charge in [-0.25, -0.2) is 22.3 Å². The Kier molecular flexibility index (Phi) is 6.53. The summed E-state index contributed by atoms with van der Waals surface area (Å²) >= 11 is 0. The van der Waals surface area contributed by atoms with Gasteiger partial charge in [0.05, 0.1) is 22.3 Å². The zero-order valence-electron chi connectivity index (χ0n) is 18.8. The van der Waals surface area contributed by atoms with Crippen LogP contribution < -0.4 is 10.0 Å². The predicted octanol–water partition coefficient (Wildman–Crippen LogP) is 1.58. The van der Waals surface area contributed by atoms with Gasteiger partial charge in [0.1, 0.15) is 16.4 Å². The lowest BCUT2D eigenvalue weighted by atomic mass is 10.1. The number of aromatic nitrogens is 1. The summed E-state index contributed by atoms with van der Waals surface area (Å²) in [4.78, 5) is 26.3. The Morgan fingerprint density at radius 2 is 2.06 bits per heavy atom. The number of carbonyl (C=O) groups is 2. The first-order valence-electron chi connectivity index (χ1n) is 10.6. The van der Waals surface area contributed by atoms with E-state index in [1.165, 1.54) is 40.9 Å². The van der Waals surface area contributed by atoms with Crippen LogP contribution in [0.5, 0.6) is 0 Å². The smallest absolute Gasteiger partial charge is 0.409 e. The van der Waals surface area contributed by atoms with Crippen LogP contribution in [0.2, 0.25) is 0 Å². The van der Waals surface area contributed by atoms with Gasteiger partial charge in [0, 0.05) is 49.7 Å². The highest BCUT2D eigenvalue weighted by molar-refractivity contribution is 7.91. The minimum Gasteiger partial charge on any atom is -0.450 e. The first-order chi connectivity index (χ1) is 16.0. The number of rotatable bonds is 3. The average Bonchev–Trinajstić information content (AvgIpc) is 3.31. The van der Waals surface area contributed by atoms with E-state index >= 15 is 0 Å². The fourth-order valence-corrected chi connectivity index (χ4v) is 7.90. The number of nitrogens with zero attached hydrogens (tertiary/aromatic N) is 2. The van der Waals surface area contributed by atoms with Gasteiger partial charge in [-0.2, -0.15) is 0 Å². The number of carbonyl (C=O) groups excluding carboxylic acids is 2. The van der Waals surface area contributed by atoms with Gasteiger partial charge in [-0.1, -0.05) is 0 Å². The molecular formula is C21H25FN4O6S2. The molecule has 1 aromatic heterocycles. The van der Waals surface area contributed by atoms with Crippen molar-refractivity contribution in [3.63, 3.8) is 0 Å². The van der Waals surface area contributed by atoms with Crippen molar-refractivity contribution in [2.45, 2.75) is 29.7 Å². The molecule has 2 amide bonds. The highest BCUT2D eigenvalue weighted by Gasteiger charge is 2.44. The minimum atomic E-state index is -4.14. The van der Waals surface area contributed by atoms with E-state index in [1.807, 2.05) is 0 Å². The van der Waals surface area contributed by atoms with E-state index in [0.29, 0.717) is 11.3 Å². The number of nitrogens with one attached hydrogen (secondary N) is 2. The molecule has 0 radical (unpaired) electrons. The van der Waals surface area contributed by atoms with Gasteiger partial charge < -0.3 is 19.5 Å². The second-order valence-electron chi connectivity index (χ2n) is 8.30. The molecule has 2 aliphatic heterocycles. The highest BCUT2D eigenvalue weighted by Crippen LogP contribution is 2.32. The molecule has 1 fully saturated rings. The van der Waals surface area contributed by atoms with Crippen molar-refractivity contribution in [1.82, 2.24) is 14.2 Å². The van der Waals surface area contributed by atoms with Crippen molar-refractivity contribution in [2.75, 3.05) is 30.8 Å². The van der Waals surface area contributed by atoms with Gasteiger partial charge in [0.25, 0.3) is 5.91 Å². The molecule has 1 aromatic carbocycles. The van der Waals surface area contributed by atoms with Gasteiger partial charge in [-0.05, 0) is 37.6 Å². The van der Waals surface area contributed by atoms with Crippen molar-refractivity contribution in [3.8, 4) is 0 Å². The summed E-state index contributed by atoms with van der Waals surface area (Å²) in [6.45, 7) is 3.68. The van der Waals surface area contributed by atoms with Gasteiger partial charge in [-0.3, -0.25) is 9.00 Å². The normalized spacial score (nSPS) is 23.4. The Hall–Kier alpha value is -2.77. The Balaban J connectivity index is 1.68. The molecule has 13 heteroatoms. The molecule has 10 nitrogen and oxygen atoms in total. The van der Waals surface area contributed by atoms with E-state index in [4.69, 9.17) is 4.74 Å². The van der Waals surface area contributed by atoms with Crippen molar-refractivity contribution in [1.29, 1.82) is 0 Å². The summed E-state index contributed by atoms with van der Waals surface area (Å²) in [6.07, 6.45) is 0.686.